The zero-order valence-corrected chi connectivity index (χ0v) is 8.48. The van der Waals surface area contributed by atoms with Crippen molar-refractivity contribution in [3.63, 3.8) is 0 Å². The number of hydrogen-bond acceptors (Lipinski definition) is 2. The third-order valence-electron chi connectivity index (χ3n) is 2.39. The maximum atomic E-state index is 13.0. The van der Waals surface area contributed by atoms with Crippen molar-refractivity contribution in [3.8, 4) is 0 Å². The van der Waals surface area contributed by atoms with Crippen molar-refractivity contribution in [2.24, 2.45) is 5.73 Å². The van der Waals surface area contributed by atoms with Crippen LogP contribution < -0.4 is 10.6 Å². The highest BCUT2D eigenvalue weighted by molar-refractivity contribution is 7.80. The van der Waals surface area contributed by atoms with Crippen LogP contribution in [-0.4, -0.2) is 18.1 Å². The molecule has 1 heterocycles. The predicted molar refractivity (Wildman–Crippen MR) is 59.1 cm³/mol. The number of halogens is 1. The Morgan fingerprint density at radius 1 is 1.57 bits per heavy atom. The first-order valence-electron chi connectivity index (χ1n) is 4.48. The van der Waals surface area contributed by atoms with Crippen molar-refractivity contribution in [2.45, 2.75) is 6.42 Å². The molecule has 0 amide bonds. The van der Waals surface area contributed by atoms with E-state index in [1.807, 2.05) is 11.0 Å². The summed E-state index contributed by atoms with van der Waals surface area (Å²) in [6, 6.07) is 4.86. The quantitative estimate of drug-likeness (QED) is 0.750. The van der Waals surface area contributed by atoms with Gasteiger partial charge >= 0.3 is 0 Å². The second-order valence-electron chi connectivity index (χ2n) is 3.41. The van der Waals surface area contributed by atoms with Gasteiger partial charge in [-0.2, -0.15) is 0 Å². The van der Waals surface area contributed by atoms with E-state index in [2.05, 4.69) is 0 Å². The summed E-state index contributed by atoms with van der Waals surface area (Å²) in [5, 5.41) is 0. The van der Waals surface area contributed by atoms with Crippen molar-refractivity contribution in [3.05, 3.63) is 29.6 Å². The molecule has 1 aliphatic heterocycles. The highest BCUT2D eigenvalue weighted by Crippen LogP contribution is 2.28. The standard InChI is InChI=1S/C10H11FN2S/c11-8-2-1-7-3-4-13(6-10(12)14)9(7)5-8/h1-2,5H,3-4,6H2,(H2,12,14). The summed E-state index contributed by atoms with van der Waals surface area (Å²) in [5.41, 5.74) is 7.56. The zero-order chi connectivity index (χ0) is 10.1. The fourth-order valence-electron chi connectivity index (χ4n) is 1.77. The van der Waals surface area contributed by atoms with Gasteiger partial charge in [0.1, 0.15) is 5.82 Å². The Morgan fingerprint density at radius 2 is 2.36 bits per heavy atom. The Kier molecular flexibility index (Phi) is 2.37. The number of anilines is 1. The minimum Gasteiger partial charge on any atom is -0.392 e. The average Bonchev–Trinajstić information content (AvgIpc) is 2.47. The molecule has 14 heavy (non-hydrogen) atoms. The number of nitrogens with zero attached hydrogens (tertiary/aromatic N) is 1. The third kappa shape index (κ3) is 1.70. The molecule has 2 N–H and O–H groups in total. The maximum absolute atomic E-state index is 13.0. The van der Waals surface area contributed by atoms with E-state index in [0.29, 0.717) is 11.5 Å². The number of rotatable bonds is 2. The number of thiocarbonyl (C=S) groups is 1. The van der Waals surface area contributed by atoms with Gasteiger partial charge in [0.05, 0.1) is 11.5 Å². The molecule has 0 saturated heterocycles. The Labute approximate surface area is 87.5 Å². The van der Waals surface area contributed by atoms with Gasteiger partial charge in [0.2, 0.25) is 0 Å². The lowest BCUT2D eigenvalue weighted by atomic mass is 10.2. The summed E-state index contributed by atoms with van der Waals surface area (Å²) >= 11 is 4.84. The zero-order valence-electron chi connectivity index (χ0n) is 7.66. The lowest BCUT2D eigenvalue weighted by Gasteiger charge is -2.18. The fourth-order valence-corrected chi connectivity index (χ4v) is 1.93. The van der Waals surface area contributed by atoms with Gasteiger partial charge in [-0.15, -0.1) is 0 Å². The number of hydrogen-bond donors (Lipinski definition) is 1. The number of benzene rings is 1. The van der Waals surface area contributed by atoms with Crippen LogP contribution in [0.15, 0.2) is 18.2 Å². The first-order valence-corrected chi connectivity index (χ1v) is 4.89. The summed E-state index contributed by atoms with van der Waals surface area (Å²) in [6.07, 6.45) is 0.943. The Balaban J connectivity index is 2.28. The van der Waals surface area contributed by atoms with E-state index in [0.717, 1.165) is 18.7 Å². The topological polar surface area (TPSA) is 29.3 Å². The van der Waals surface area contributed by atoms with Crippen LogP contribution in [0.3, 0.4) is 0 Å². The molecule has 1 aliphatic rings. The summed E-state index contributed by atoms with van der Waals surface area (Å²) in [7, 11) is 0. The molecule has 0 aromatic heterocycles. The van der Waals surface area contributed by atoms with Gasteiger partial charge in [0, 0.05) is 12.2 Å². The van der Waals surface area contributed by atoms with Crippen LogP contribution in [0.1, 0.15) is 5.56 Å². The molecule has 4 heteroatoms. The van der Waals surface area contributed by atoms with Gasteiger partial charge < -0.3 is 10.6 Å². The van der Waals surface area contributed by atoms with Crippen molar-refractivity contribution in [1.82, 2.24) is 0 Å². The molecule has 0 atom stereocenters. The van der Waals surface area contributed by atoms with E-state index < -0.39 is 0 Å². The monoisotopic (exact) mass is 210 g/mol. The molecule has 2 rings (SSSR count). The highest BCUT2D eigenvalue weighted by atomic mass is 32.1. The van der Waals surface area contributed by atoms with Crippen LogP contribution in [0, 0.1) is 5.82 Å². The average molecular weight is 210 g/mol. The lowest BCUT2D eigenvalue weighted by molar-refractivity contribution is 0.627. The summed E-state index contributed by atoms with van der Waals surface area (Å²) < 4.78 is 13.0. The molecule has 1 aromatic rings. The van der Waals surface area contributed by atoms with Gasteiger partial charge in [-0.3, -0.25) is 0 Å². The first kappa shape index (κ1) is 9.40. The number of nitrogens with two attached hydrogens (primary N) is 1. The van der Waals surface area contributed by atoms with Crippen LogP contribution in [0.5, 0.6) is 0 Å². The van der Waals surface area contributed by atoms with Crippen LogP contribution in [-0.2, 0) is 6.42 Å². The molecule has 74 valence electrons. The van der Waals surface area contributed by atoms with E-state index in [1.54, 1.807) is 6.07 Å². The molecule has 0 bridgehead atoms. The van der Waals surface area contributed by atoms with E-state index >= 15 is 0 Å². The first-order chi connectivity index (χ1) is 6.66. The van der Waals surface area contributed by atoms with Gasteiger partial charge in [0.15, 0.2) is 0 Å². The van der Waals surface area contributed by atoms with Crippen LogP contribution in [0.2, 0.25) is 0 Å². The summed E-state index contributed by atoms with van der Waals surface area (Å²) in [4.78, 5) is 2.46. The van der Waals surface area contributed by atoms with E-state index in [4.69, 9.17) is 18.0 Å². The van der Waals surface area contributed by atoms with Crippen LogP contribution in [0.4, 0.5) is 10.1 Å². The van der Waals surface area contributed by atoms with Gasteiger partial charge in [0.25, 0.3) is 0 Å². The van der Waals surface area contributed by atoms with Gasteiger partial charge in [-0.05, 0) is 24.1 Å². The third-order valence-corrected chi connectivity index (χ3v) is 2.51. The second-order valence-corrected chi connectivity index (χ2v) is 3.94. The molecule has 2 nitrogen and oxygen atoms in total. The molecular formula is C10H11FN2S. The van der Waals surface area contributed by atoms with Crippen LogP contribution >= 0.6 is 12.2 Å². The van der Waals surface area contributed by atoms with E-state index in [9.17, 15) is 4.39 Å². The minimum atomic E-state index is -0.210. The Bertz CT molecular complexity index is 378. The van der Waals surface area contributed by atoms with E-state index in [-0.39, 0.29) is 5.82 Å². The summed E-state index contributed by atoms with van der Waals surface area (Å²) in [5.74, 6) is -0.210. The molecule has 1 aromatic carbocycles. The molecule has 0 fully saturated rings. The molecule has 0 saturated carbocycles. The Hall–Kier alpha value is -1.16. The molecule has 0 aliphatic carbocycles. The molecule has 0 spiro atoms. The predicted octanol–water partition coefficient (Wildman–Crippen LogP) is 1.47. The smallest absolute Gasteiger partial charge is 0.125 e. The van der Waals surface area contributed by atoms with Crippen LogP contribution in [0.25, 0.3) is 0 Å². The molecular weight excluding hydrogens is 199 g/mol. The number of fused-ring (bicyclic) bond motifs is 1. The summed E-state index contributed by atoms with van der Waals surface area (Å²) in [6.45, 7) is 1.40. The van der Waals surface area contributed by atoms with Gasteiger partial charge in [-0.25, -0.2) is 4.39 Å². The highest BCUT2D eigenvalue weighted by Gasteiger charge is 2.19. The van der Waals surface area contributed by atoms with Gasteiger partial charge in [-0.1, -0.05) is 18.3 Å². The fraction of sp³-hybridized carbons (Fsp3) is 0.300. The minimum absolute atomic E-state index is 0.210. The lowest BCUT2D eigenvalue weighted by Crippen LogP contribution is -2.31. The largest absolute Gasteiger partial charge is 0.392 e. The maximum Gasteiger partial charge on any atom is 0.125 e. The second kappa shape index (κ2) is 3.53. The van der Waals surface area contributed by atoms with Crippen molar-refractivity contribution in [1.29, 1.82) is 0 Å². The van der Waals surface area contributed by atoms with Crippen molar-refractivity contribution < 1.29 is 4.39 Å². The normalized spacial score (nSPS) is 14.2. The SMILES string of the molecule is NC(=S)CN1CCc2ccc(F)cc21. The van der Waals surface area contributed by atoms with Crippen molar-refractivity contribution in [2.75, 3.05) is 18.0 Å². The molecule has 0 unspecified atom stereocenters. The molecule has 0 radical (unpaired) electrons. The Morgan fingerprint density at radius 3 is 3.07 bits per heavy atom. The van der Waals surface area contributed by atoms with E-state index in [1.165, 1.54) is 11.6 Å². The van der Waals surface area contributed by atoms with Crippen molar-refractivity contribution >= 4 is 22.9 Å².